The molecule has 0 aliphatic carbocycles. The zero-order valence-electron chi connectivity index (χ0n) is 16.0. The highest BCUT2D eigenvalue weighted by Gasteiger charge is 2.26. The highest BCUT2D eigenvalue weighted by molar-refractivity contribution is 5.86. The zero-order valence-corrected chi connectivity index (χ0v) is 16.0. The largest absolute Gasteiger partial charge is 0.352 e. The molecule has 0 radical (unpaired) electrons. The number of nitrogens with one attached hydrogen (secondary N) is 1. The van der Waals surface area contributed by atoms with Crippen molar-refractivity contribution in [3.05, 3.63) is 35.4 Å². The number of unbranched alkanes of at least 4 members (excludes halogenated alkanes) is 1. The maximum absolute atomic E-state index is 12.8. The number of urea groups is 1. The molecule has 1 aromatic rings. The molecular weight excluding hydrogens is 328 g/mol. The number of primary amides is 1. The molecule has 0 saturated carbocycles. The fourth-order valence-electron chi connectivity index (χ4n) is 3.44. The lowest BCUT2D eigenvalue weighted by Crippen LogP contribution is -2.50. The number of carbonyl (C=O) groups is 2. The molecule has 1 heterocycles. The summed E-state index contributed by atoms with van der Waals surface area (Å²) < 4.78 is 0. The highest BCUT2D eigenvalue weighted by Crippen LogP contribution is 2.14. The van der Waals surface area contributed by atoms with Gasteiger partial charge in [0.05, 0.1) is 0 Å². The molecule has 6 nitrogen and oxygen atoms in total. The van der Waals surface area contributed by atoms with Gasteiger partial charge in [0.25, 0.3) is 0 Å². The summed E-state index contributed by atoms with van der Waals surface area (Å²) in [6.07, 6.45) is 3.45. The van der Waals surface area contributed by atoms with Crippen molar-refractivity contribution in [3.63, 3.8) is 0 Å². The van der Waals surface area contributed by atoms with E-state index in [1.807, 2.05) is 4.90 Å². The summed E-state index contributed by atoms with van der Waals surface area (Å²) in [5.74, 6) is -0.00464. The summed E-state index contributed by atoms with van der Waals surface area (Å²) in [4.78, 5) is 28.4. The van der Waals surface area contributed by atoms with E-state index in [0.717, 1.165) is 45.4 Å². The SMILES string of the molecule is CCCCC(NC(N)=O)C(=O)N1CCCN(Cc2ccccc2C)CC1. The minimum Gasteiger partial charge on any atom is -0.352 e. The van der Waals surface area contributed by atoms with Crippen molar-refractivity contribution in [2.75, 3.05) is 26.2 Å². The minimum atomic E-state index is -0.629. The van der Waals surface area contributed by atoms with Gasteiger partial charge in [-0.25, -0.2) is 4.79 Å². The minimum absolute atomic E-state index is 0.00464. The molecule has 1 saturated heterocycles. The van der Waals surface area contributed by atoms with Gasteiger partial charge in [0.1, 0.15) is 6.04 Å². The molecule has 1 aliphatic heterocycles. The molecule has 1 fully saturated rings. The van der Waals surface area contributed by atoms with Crippen LogP contribution in [0.2, 0.25) is 0 Å². The van der Waals surface area contributed by atoms with Crippen LogP contribution in [-0.4, -0.2) is 54.0 Å². The van der Waals surface area contributed by atoms with Gasteiger partial charge in [-0.2, -0.15) is 0 Å². The van der Waals surface area contributed by atoms with Gasteiger partial charge in [0.2, 0.25) is 5.91 Å². The molecule has 26 heavy (non-hydrogen) atoms. The van der Waals surface area contributed by atoms with Gasteiger partial charge in [-0.1, -0.05) is 44.0 Å². The Bertz CT molecular complexity index is 605. The van der Waals surface area contributed by atoms with Crippen molar-refractivity contribution >= 4 is 11.9 Å². The molecule has 3 N–H and O–H groups in total. The van der Waals surface area contributed by atoms with Crippen LogP contribution in [0.3, 0.4) is 0 Å². The number of amides is 3. The average molecular weight is 361 g/mol. The smallest absolute Gasteiger partial charge is 0.312 e. The van der Waals surface area contributed by atoms with Crippen LogP contribution in [0.4, 0.5) is 4.79 Å². The fourth-order valence-corrected chi connectivity index (χ4v) is 3.44. The van der Waals surface area contributed by atoms with Crippen molar-refractivity contribution in [2.45, 2.75) is 52.1 Å². The third-order valence-electron chi connectivity index (χ3n) is 5.02. The molecule has 2 rings (SSSR count). The van der Waals surface area contributed by atoms with E-state index >= 15 is 0 Å². The Kier molecular flexibility index (Phi) is 7.91. The van der Waals surface area contributed by atoms with Crippen molar-refractivity contribution in [3.8, 4) is 0 Å². The molecule has 0 aromatic heterocycles. The van der Waals surface area contributed by atoms with Crippen molar-refractivity contribution in [1.29, 1.82) is 0 Å². The van der Waals surface area contributed by atoms with Gasteiger partial charge in [0, 0.05) is 32.7 Å². The Morgan fingerprint density at radius 2 is 1.96 bits per heavy atom. The van der Waals surface area contributed by atoms with E-state index in [4.69, 9.17) is 5.73 Å². The monoisotopic (exact) mass is 360 g/mol. The molecular formula is C20H32N4O2. The fraction of sp³-hybridized carbons (Fsp3) is 0.600. The molecule has 0 bridgehead atoms. The van der Waals surface area contributed by atoms with Crippen LogP contribution in [0.15, 0.2) is 24.3 Å². The molecule has 3 amide bonds. The van der Waals surface area contributed by atoms with E-state index in [9.17, 15) is 9.59 Å². The summed E-state index contributed by atoms with van der Waals surface area (Å²) in [6, 6.07) is 7.30. The van der Waals surface area contributed by atoms with Gasteiger partial charge in [-0.15, -0.1) is 0 Å². The first kappa shape index (κ1) is 20.2. The zero-order chi connectivity index (χ0) is 18.9. The normalized spacial score (nSPS) is 16.8. The van der Waals surface area contributed by atoms with Crippen LogP contribution in [-0.2, 0) is 11.3 Å². The van der Waals surface area contributed by atoms with Gasteiger partial charge in [-0.05, 0) is 30.9 Å². The van der Waals surface area contributed by atoms with E-state index in [2.05, 4.69) is 48.3 Å². The van der Waals surface area contributed by atoms with Crippen LogP contribution in [0.5, 0.6) is 0 Å². The van der Waals surface area contributed by atoms with Crippen molar-refractivity contribution < 1.29 is 9.59 Å². The van der Waals surface area contributed by atoms with Gasteiger partial charge in [-0.3, -0.25) is 9.69 Å². The number of nitrogens with zero attached hydrogens (tertiary/aromatic N) is 2. The van der Waals surface area contributed by atoms with E-state index in [1.54, 1.807) is 0 Å². The number of benzene rings is 1. The standard InChI is InChI=1S/C20H32N4O2/c1-3-4-10-18(22-20(21)26)19(25)24-12-7-11-23(13-14-24)15-17-9-6-5-8-16(17)2/h5-6,8-9,18H,3-4,7,10-15H2,1-2H3,(H3,21,22,26). The number of nitrogens with two attached hydrogens (primary N) is 1. The van der Waals surface area contributed by atoms with E-state index in [1.165, 1.54) is 11.1 Å². The third kappa shape index (κ3) is 6.02. The Labute approximate surface area is 156 Å². The van der Waals surface area contributed by atoms with Crippen molar-refractivity contribution in [1.82, 2.24) is 15.1 Å². The van der Waals surface area contributed by atoms with E-state index in [0.29, 0.717) is 13.0 Å². The molecule has 0 spiro atoms. The first-order valence-electron chi connectivity index (χ1n) is 9.63. The van der Waals surface area contributed by atoms with Gasteiger partial charge >= 0.3 is 6.03 Å². The van der Waals surface area contributed by atoms with Crippen LogP contribution in [0, 0.1) is 6.92 Å². The second-order valence-corrected chi connectivity index (χ2v) is 7.08. The first-order chi connectivity index (χ1) is 12.5. The van der Waals surface area contributed by atoms with Crippen LogP contribution < -0.4 is 11.1 Å². The van der Waals surface area contributed by atoms with Gasteiger partial charge in [0.15, 0.2) is 0 Å². The Hall–Kier alpha value is -2.08. The Morgan fingerprint density at radius 1 is 1.19 bits per heavy atom. The number of rotatable bonds is 7. The number of hydrogen-bond donors (Lipinski definition) is 2. The third-order valence-corrected chi connectivity index (χ3v) is 5.02. The molecule has 144 valence electrons. The molecule has 1 aliphatic rings. The summed E-state index contributed by atoms with van der Waals surface area (Å²) >= 11 is 0. The second-order valence-electron chi connectivity index (χ2n) is 7.08. The topological polar surface area (TPSA) is 78.7 Å². The lowest BCUT2D eigenvalue weighted by atomic mass is 10.1. The number of aryl methyl sites for hydroxylation is 1. The summed E-state index contributed by atoms with van der Waals surface area (Å²) in [6.45, 7) is 8.35. The Balaban J connectivity index is 1.94. The van der Waals surface area contributed by atoms with Crippen LogP contribution >= 0.6 is 0 Å². The molecule has 6 heteroatoms. The van der Waals surface area contributed by atoms with E-state index < -0.39 is 12.1 Å². The Morgan fingerprint density at radius 3 is 2.65 bits per heavy atom. The van der Waals surface area contributed by atoms with E-state index in [-0.39, 0.29) is 5.91 Å². The molecule has 1 aromatic carbocycles. The highest BCUT2D eigenvalue weighted by atomic mass is 16.2. The average Bonchev–Trinajstić information content (AvgIpc) is 2.85. The number of carbonyl (C=O) groups excluding carboxylic acids is 2. The maximum Gasteiger partial charge on any atom is 0.312 e. The predicted octanol–water partition coefficient (Wildman–Crippen LogP) is 2.26. The quantitative estimate of drug-likeness (QED) is 0.783. The lowest BCUT2D eigenvalue weighted by Gasteiger charge is -2.26. The maximum atomic E-state index is 12.8. The molecule has 1 atom stereocenters. The summed E-state index contributed by atoms with van der Waals surface area (Å²) in [5.41, 5.74) is 7.89. The first-order valence-corrected chi connectivity index (χ1v) is 9.63. The number of hydrogen-bond acceptors (Lipinski definition) is 3. The summed E-state index contributed by atoms with van der Waals surface area (Å²) in [5, 5.41) is 2.62. The van der Waals surface area contributed by atoms with Gasteiger partial charge < -0.3 is 16.0 Å². The predicted molar refractivity (Wildman–Crippen MR) is 104 cm³/mol. The lowest BCUT2D eigenvalue weighted by molar-refractivity contribution is -0.133. The van der Waals surface area contributed by atoms with Crippen LogP contribution in [0.25, 0.3) is 0 Å². The van der Waals surface area contributed by atoms with Crippen LogP contribution in [0.1, 0.15) is 43.7 Å². The summed E-state index contributed by atoms with van der Waals surface area (Å²) in [7, 11) is 0. The molecule has 1 unspecified atom stereocenters. The second kappa shape index (κ2) is 10.2. The van der Waals surface area contributed by atoms with Crippen molar-refractivity contribution in [2.24, 2.45) is 5.73 Å².